The fourth-order valence-corrected chi connectivity index (χ4v) is 2.59. The number of carbonyl (C=O) groups excluding carboxylic acids is 1. The lowest BCUT2D eigenvalue weighted by molar-refractivity contribution is 0.0946. The SMILES string of the molecule is Cc1cc(C(=O)NC[C@H](C)c2nc(C)cs2)nc(N)n1. The van der Waals surface area contributed by atoms with Crippen LogP contribution >= 0.6 is 11.3 Å². The molecule has 3 N–H and O–H groups in total. The van der Waals surface area contributed by atoms with E-state index in [0.717, 1.165) is 10.7 Å². The van der Waals surface area contributed by atoms with Crippen molar-refractivity contribution in [2.45, 2.75) is 26.7 Å². The van der Waals surface area contributed by atoms with Crippen LogP contribution in [0.5, 0.6) is 0 Å². The molecule has 0 aliphatic carbocycles. The number of nitrogens with one attached hydrogen (secondary N) is 1. The first kappa shape index (κ1) is 14.4. The van der Waals surface area contributed by atoms with Crippen molar-refractivity contribution in [2.75, 3.05) is 12.3 Å². The zero-order valence-corrected chi connectivity index (χ0v) is 12.5. The van der Waals surface area contributed by atoms with E-state index in [2.05, 4.69) is 20.3 Å². The van der Waals surface area contributed by atoms with Crippen LogP contribution in [0, 0.1) is 13.8 Å². The van der Waals surface area contributed by atoms with Crippen LogP contribution in [0.25, 0.3) is 0 Å². The summed E-state index contributed by atoms with van der Waals surface area (Å²) in [5, 5.41) is 5.86. The first-order valence-corrected chi connectivity index (χ1v) is 7.15. The summed E-state index contributed by atoms with van der Waals surface area (Å²) >= 11 is 1.60. The molecule has 0 bridgehead atoms. The van der Waals surface area contributed by atoms with Gasteiger partial charge in [-0.15, -0.1) is 11.3 Å². The van der Waals surface area contributed by atoms with Crippen molar-refractivity contribution in [1.82, 2.24) is 20.3 Å². The second-order valence-corrected chi connectivity index (χ2v) is 5.58. The summed E-state index contributed by atoms with van der Waals surface area (Å²) in [5.74, 6) is 0.0269. The van der Waals surface area contributed by atoms with Gasteiger partial charge in [0.15, 0.2) is 0 Å². The van der Waals surface area contributed by atoms with Crippen LogP contribution in [0.4, 0.5) is 5.95 Å². The maximum atomic E-state index is 12.0. The normalized spacial score (nSPS) is 12.2. The first-order chi connectivity index (χ1) is 9.45. The van der Waals surface area contributed by atoms with Gasteiger partial charge < -0.3 is 11.1 Å². The van der Waals surface area contributed by atoms with Gasteiger partial charge in [0.1, 0.15) is 5.69 Å². The third-order valence-corrected chi connectivity index (χ3v) is 3.93. The number of anilines is 1. The summed E-state index contributed by atoms with van der Waals surface area (Å²) in [6, 6.07) is 1.61. The van der Waals surface area contributed by atoms with E-state index in [1.165, 1.54) is 0 Å². The predicted molar refractivity (Wildman–Crippen MR) is 78.8 cm³/mol. The molecule has 7 heteroatoms. The molecule has 2 aromatic heterocycles. The number of rotatable bonds is 4. The van der Waals surface area contributed by atoms with Gasteiger partial charge in [-0.2, -0.15) is 0 Å². The van der Waals surface area contributed by atoms with Crippen LogP contribution < -0.4 is 11.1 Å². The Kier molecular flexibility index (Phi) is 4.29. The molecule has 6 nitrogen and oxygen atoms in total. The molecular formula is C13H17N5OS. The Morgan fingerprint density at radius 2 is 2.10 bits per heavy atom. The third kappa shape index (κ3) is 3.51. The van der Waals surface area contributed by atoms with E-state index in [4.69, 9.17) is 5.73 Å². The number of amides is 1. The largest absolute Gasteiger partial charge is 0.368 e. The van der Waals surface area contributed by atoms with Gasteiger partial charge in [0, 0.05) is 29.2 Å². The fraction of sp³-hybridized carbons (Fsp3) is 0.385. The van der Waals surface area contributed by atoms with Gasteiger partial charge in [-0.05, 0) is 19.9 Å². The molecule has 1 amide bonds. The Balaban J connectivity index is 1.98. The highest BCUT2D eigenvalue weighted by Gasteiger charge is 2.13. The molecule has 1 atom stereocenters. The second-order valence-electron chi connectivity index (χ2n) is 4.69. The highest BCUT2D eigenvalue weighted by Crippen LogP contribution is 2.18. The van der Waals surface area contributed by atoms with E-state index in [9.17, 15) is 4.79 Å². The van der Waals surface area contributed by atoms with Gasteiger partial charge in [-0.3, -0.25) is 4.79 Å². The van der Waals surface area contributed by atoms with Crippen LogP contribution in [0.3, 0.4) is 0 Å². The second kappa shape index (κ2) is 5.96. The Morgan fingerprint density at radius 3 is 2.70 bits per heavy atom. The minimum Gasteiger partial charge on any atom is -0.368 e. The van der Waals surface area contributed by atoms with Gasteiger partial charge in [-0.25, -0.2) is 15.0 Å². The van der Waals surface area contributed by atoms with E-state index >= 15 is 0 Å². The summed E-state index contributed by atoms with van der Waals surface area (Å²) in [6.07, 6.45) is 0. The maximum absolute atomic E-state index is 12.0. The molecule has 0 unspecified atom stereocenters. The minimum absolute atomic E-state index is 0.110. The summed E-state index contributed by atoms with van der Waals surface area (Å²) < 4.78 is 0. The van der Waals surface area contributed by atoms with E-state index in [1.807, 2.05) is 19.2 Å². The monoisotopic (exact) mass is 291 g/mol. The number of nitrogens with two attached hydrogens (primary N) is 1. The zero-order valence-electron chi connectivity index (χ0n) is 11.7. The summed E-state index contributed by atoms with van der Waals surface area (Å²) in [7, 11) is 0. The number of nitrogens with zero attached hydrogens (tertiary/aromatic N) is 3. The van der Waals surface area contributed by atoms with Gasteiger partial charge in [-0.1, -0.05) is 6.92 Å². The Morgan fingerprint density at radius 1 is 1.35 bits per heavy atom. The van der Waals surface area contributed by atoms with E-state index in [1.54, 1.807) is 24.3 Å². The van der Waals surface area contributed by atoms with Crippen molar-refractivity contribution in [2.24, 2.45) is 0 Å². The van der Waals surface area contributed by atoms with Crippen molar-refractivity contribution in [1.29, 1.82) is 0 Å². The standard InChI is InChI=1S/C13H17N5OS/c1-7(12-16-9(3)6-20-12)5-15-11(19)10-4-8(2)17-13(14)18-10/h4,6-7H,5H2,1-3H3,(H,15,19)(H2,14,17,18)/t7-/m0/s1. The lowest BCUT2D eigenvalue weighted by atomic mass is 10.2. The quantitative estimate of drug-likeness (QED) is 0.893. The number of aromatic nitrogens is 3. The number of nitrogen functional groups attached to an aromatic ring is 1. The molecule has 0 aliphatic heterocycles. The third-order valence-electron chi connectivity index (χ3n) is 2.73. The van der Waals surface area contributed by atoms with Gasteiger partial charge in [0.25, 0.3) is 5.91 Å². The minimum atomic E-state index is -0.248. The fourth-order valence-electron chi connectivity index (χ4n) is 1.73. The number of aryl methyl sites for hydroxylation is 2. The van der Waals surface area contributed by atoms with Crippen LogP contribution in [-0.2, 0) is 0 Å². The summed E-state index contributed by atoms with van der Waals surface area (Å²) in [6.45, 7) is 6.26. The molecule has 0 radical (unpaired) electrons. The van der Waals surface area contributed by atoms with Gasteiger partial charge in [0.05, 0.1) is 5.01 Å². The number of thiazole rings is 1. The van der Waals surface area contributed by atoms with Gasteiger partial charge >= 0.3 is 0 Å². The van der Waals surface area contributed by atoms with Crippen molar-refractivity contribution >= 4 is 23.2 Å². The number of carbonyl (C=O) groups is 1. The van der Waals surface area contributed by atoms with Gasteiger partial charge in [0.2, 0.25) is 5.95 Å². The summed E-state index contributed by atoms with van der Waals surface area (Å²) in [5.41, 5.74) is 7.50. The first-order valence-electron chi connectivity index (χ1n) is 6.27. The molecule has 20 heavy (non-hydrogen) atoms. The molecule has 0 aliphatic rings. The molecule has 2 heterocycles. The van der Waals surface area contributed by atoms with Crippen molar-refractivity contribution in [3.8, 4) is 0 Å². The molecule has 0 fully saturated rings. The number of hydrogen-bond donors (Lipinski definition) is 2. The molecule has 0 saturated heterocycles. The van der Waals surface area contributed by atoms with E-state index in [0.29, 0.717) is 12.2 Å². The van der Waals surface area contributed by atoms with Crippen LogP contribution in [0.1, 0.15) is 39.7 Å². The van der Waals surface area contributed by atoms with Crippen LogP contribution in [0.15, 0.2) is 11.4 Å². The van der Waals surface area contributed by atoms with E-state index in [-0.39, 0.29) is 23.5 Å². The maximum Gasteiger partial charge on any atom is 0.270 e. The average molecular weight is 291 g/mol. The Bertz CT molecular complexity index is 605. The van der Waals surface area contributed by atoms with Crippen LogP contribution in [0.2, 0.25) is 0 Å². The van der Waals surface area contributed by atoms with Crippen molar-refractivity contribution < 1.29 is 4.79 Å². The Labute approximate surface area is 121 Å². The lowest BCUT2D eigenvalue weighted by Crippen LogP contribution is -2.28. The topological polar surface area (TPSA) is 93.8 Å². The molecule has 2 aromatic rings. The Hall–Kier alpha value is -2.02. The molecule has 106 valence electrons. The highest BCUT2D eigenvalue weighted by molar-refractivity contribution is 7.09. The number of hydrogen-bond acceptors (Lipinski definition) is 6. The highest BCUT2D eigenvalue weighted by atomic mass is 32.1. The summed E-state index contributed by atoms with van der Waals surface area (Å²) in [4.78, 5) is 24.3. The smallest absolute Gasteiger partial charge is 0.270 e. The molecule has 0 aromatic carbocycles. The average Bonchev–Trinajstić information content (AvgIpc) is 2.81. The zero-order chi connectivity index (χ0) is 14.7. The molecule has 2 rings (SSSR count). The van der Waals surface area contributed by atoms with Crippen molar-refractivity contribution in [3.63, 3.8) is 0 Å². The lowest BCUT2D eigenvalue weighted by Gasteiger charge is -2.10. The molecule has 0 saturated carbocycles. The molecular weight excluding hydrogens is 274 g/mol. The predicted octanol–water partition coefficient (Wildman–Crippen LogP) is 1.67. The molecule has 0 spiro atoms. The van der Waals surface area contributed by atoms with Crippen molar-refractivity contribution in [3.05, 3.63) is 33.5 Å². The van der Waals surface area contributed by atoms with Crippen LogP contribution in [-0.4, -0.2) is 27.4 Å². The van der Waals surface area contributed by atoms with E-state index < -0.39 is 0 Å².